The van der Waals surface area contributed by atoms with Gasteiger partial charge < -0.3 is 19.5 Å². The summed E-state index contributed by atoms with van der Waals surface area (Å²) in [5, 5.41) is 7.40. The van der Waals surface area contributed by atoms with E-state index in [1.807, 2.05) is 13.8 Å². The molecule has 1 atom stereocenters. The molecule has 1 unspecified atom stereocenters. The normalized spacial score (nSPS) is 16.8. The summed E-state index contributed by atoms with van der Waals surface area (Å²) in [6, 6.07) is 10.8. The summed E-state index contributed by atoms with van der Waals surface area (Å²) >= 11 is 0. The van der Waals surface area contributed by atoms with Crippen LogP contribution in [0, 0.1) is 5.92 Å². The van der Waals surface area contributed by atoms with Crippen LogP contribution >= 0.6 is 0 Å². The molecule has 0 bridgehead atoms. The third-order valence-electron chi connectivity index (χ3n) is 5.24. The van der Waals surface area contributed by atoms with Crippen LogP contribution in [0.5, 0.6) is 0 Å². The summed E-state index contributed by atoms with van der Waals surface area (Å²) in [6.45, 7) is 9.82. The van der Waals surface area contributed by atoms with E-state index in [-0.39, 0.29) is 6.10 Å². The number of rotatable bonds is 8. The van der Waals surface area contributed by atoms with Gasteiger partial charge in [-0.1, -0.05) is 35.5 Å². The fourth-order valence-electron chi connectivity index (χ4n) is 3.69. The van der Waals surface area contributed by atoms with Gasteiger partial charge in [0.25, 0.3) is 0 Å². The van der Waals surface area contributed by atoms with E-state index >= 15 is 0 Å². The molecule has 2 aromatic rings. The molecule has 158 valence electrons. The van der Waals surface area contributed by atoms with Gasteiger partial charge in [-0.3, -0.25) is 0 Å². The minimum absolute atomic E-state index is 0.168. The molecule has 3 rings (SSSR count). The van der Waals surface area contributed by atoms with Crippen molar-refractivity contribution in [1.29, 1.82) is 0 Å². The number of benzene rings is 1. The molecule has 0 spiro atoms. The zero-order chi connectivity index (χ0) is 20.5. The Hall–Kier alpha value is -2.41. The SMILES string of the molecule is CCNC(=NCc1nc(C(C)OCC)no1)N1CCC(Cc2ccccc2)CC1. The predicted octanol–water partition coefficient (Wildman–Crippen LogP) is 3.59. The van der Waals surface area contributed by atoms with Crippen molar-refractivity contribution in [2.45, 2.75) is 52.7 Å². The monoisotopic (exact) mass is 399 g/mol. The van der Waals surface area contributed by atoms with Gasteiger partial charge in [0.15, 0.2) is 11.8 Å². The molecule has 1 aromatic carbocycles. The maximum absolute atomic E-state index is 5.51. The zero-order valence-electron chi connectivity index (χ0n) is 17.8. The van der Waals surface area contributed by atoms with Crippen molar-refractivity contribution in [3.8, 4) is 0 Å². The Morgan fingerprint density at radius 2 is 2.03 bits per heavy atom. The number of aliphatic imine (C=N–C) groups is 1. The van der Waals surface area contributed by atoms with Gasteiger partial charge in [-0.2, -0.15) is 4.98 Å². The molecule has 0 saturated carbocycles. The summed E-state index contributed by atoms with van der Waals surface area (Å²) in [7, 11) is 0. The van der Waals surface area contributed by atoms with Gasteiger partial charge in [-0.25, -0.2) is 4.99 Å². The van der Waals surface area contributed by atoms with E-state index in [4.69, 9.17) is 14.3 Å². The molecule has 1 aliphatic rings. The van der Waals surface area contributed by atoms with Crippen LogP contribution in [0.25, 0.3) is 0 Å². The van der Waals surface area contributed by atoms with Gasteiger partial charge in [-0.15, -0.1) is 0 Å². The minimum atomic E-state index is -0.168. The molecule has 0 amide bonds. The third-order valence-corrected chi connectivity index (χ3v) is 5.24. The van der Waals surface area contributed by atoms with Crippen molar-refractivity contribution in [3.63, 3.8) is 0 Å². The lowest BCUT2D eigenvalue weighted by atomic mass is 9.90. The molecule has 7 heteroatoms. The van der Waals surface area contributed by atoms with E-state index in [1.165, 1.54) is 18.4 Å². The smallest absolute Gasteiger partial charge is 0.248 e. The van der Waals surface area contributed by atoms with Crippen molar-refractivity contribution in [3.05, 3.63) is 47.6 Å². The topological polar surface area (TPSA) is 75.8 Å². The van der Waals surface area contributed by atoms with Crippen LogP contribution in [-0.2, 0) is 17.7 Å². The Kier molecular flexibility index (Phi) is 8.04. The number of nitrogens with zero attached hydrogens (tertiary/aromatic N) is 4. The van der Waals surface area contributed by atoms with E-state index in [0.717, 1.165) is 37.9 Å². The highest BCUT2D eigenvalue weighted by atomic mass is 16.5. The second-order valence-electron chi connectivity index (χ2n) is 7.43. The maximum atomic E-state index is 5.51. The lowest BCUT2D eigenvalue weighted by Gasteiger charge is -2.34. The summed E-state index contributed by atoms with van der Waals surface area (Å²) in [5.41, 5.74) is 1.43. The van der Waals surface area contributed by atoms with Crippen molar-refractivity contribution >= 4 is 5.96 Å². The second kappa shape index (κ2) is 11.0. The molecule has 1 N–H and O–H groups in total. The number of nitrogens with one attached hydrogen (secondary N) is 1. The largest absolute Gasteiger partial charge is 0.371 e. The van der Waals surface area contributed by atoms with Gasteiger partial charge in [0.1, 0.15) is 12.6 Å². The molecule has 1 saturated heterocycles. The number of guanidine groups is 1. The molecule has 1 aliphatic heterocycles. The predicted molar refractivity (Wildman–Crippen MR) is 114 cm³/mol. The number of likely N-dealkylation sites (tertiary alicyclic amines) is 1. The van der Waals surface area contributed by atoms with Crippen LogP contribution in [0.1, 0.15) is 57.0 Å². The summed E-state index contributed by atoms with van der Waals surface area (Å²) in [5.74, 6) is 2.74. The number of hydrogen-bond acceptors (Lipinski definition) is 5. The fraction of sp³-hybridized carbons (Fsp3) is 0.591. The molecule has 1 aromatic heterocycles. The van der Waals surface area contributed by atoms with Crippen LogP contribution in [0.15, 0.2) is 39.8 Å². The van der Waals surface area contributed by atoms with Crippen molar-refractivity contribution in [1.82, 2.24) is 20.4 Å². The summed E-state index contributed by atoms with van der Waals surface area (Å²) < 4.78 is 10.8. The fourth-order valence-corrected chi connectivity index (χ4v) is 3.69. The standard InChI is InChI=1S/C22H33N5O2/c1-4-23-22(24-16-20-25-21(26-29-20)17(3)28-5-2)27-13-11-19(12-14-27)15-18-9-7-6-8-10-18/h6-10,17,19H,4-5,11-16H2,1-3H3,(H,23,24). The lowest BCUT2D eigenvalue weighted by molar-refractivity contribution is 0.0683. The number of hydrogen-bond donors (Lipinski definition) is 1. The van der Waals surface area contributed by atoms with E-state index < -0.39 is 0 Å². The number of aromatic nitrogens is 2. The van der Waals surface area contributed by atoms with Crippen LogP contribution in [0.4, 0.5) is 0 Å². The first kappa shape index (κ1) is 21.3. The first-order chi connectivity index (χ1) is 14.2. The first-order valence-electron chi connectivity index (χ1n) is 10.7. The Labute approximate surface area is 173 Å². The number of ether oxygens (including phenoxy) is 1. The Bertz CT molecular complexity index is 754. The second-order valence-corrected chi connectivity index (χ2v) is 7.43. The van der Waals surface area contributed by atoms with Crippen molar-refractivity contribution in [2.75, 3.05) is 26.2 Å². The van der Waals surface area contributed by atoms with E-state index in [9.17, 15) is 0 Å². The van der Waals surface area contributed by atoms with Gasteiger partial charge in [0.05, 0.1) is 0 Å². The maximum Gasteiger partial charge on any atom is 0.248 e. The Morgan fingerprint density at radius 1 is 1.28 bits per heavy atom. The van der Waals surface area contributed by atoms with E-state index in [2.05, 4.69) is 57.6 Å². The summed E-state index contributed by atoms with van der Waals surface area (Å²) in [6.07, 6.45) is 3.34. The molecule has 0 radical (unpaired) electrons. The van der Waals surface area contributed by atoms with Gasteiger partial charge in [0, 0.05) is 26.2 Å². The molecule has 29 heavy (non-hydrogen) atoms. The van der Waals surface area contributed by atoms with E-state index in [0.29, 0.717) is 24.9 Å². The molecule has 2 heterocycles. The average molecular weight is 400 g/mol. The highest BCUT2D eigenvalue weighted by Gasteiger charge is 2.22. The third kappa shape index (κ3) is 6.29. The molecule has 7 nitrogen and oxygen atoms in total. The molecule has 0 aliphatic carbocycles. The molecular formula is C22H33N5O2. The van der Waals surface area contributed by atoms with Gasteiger partial charge >= 0.3 is 0 Å². The quantitative estimate of drug-likeness (QED) is 0.540. The van der Waals surface area contributed by atoms with Crippen LogP contribution < -0.4 is 5.32 Å². The van der Waals surface area contributed by atoms with Gasteiger partial charge in [-0.05, 0) is 51.5 Å². The summed E-state index contributed by atoms with van der Waals surface area (Å²) in [4.78, 5) is 11.5. The van der Waals surface area contributed by atoms with Crippen LogP contribution in [0.3, 0.4) is 0 Å². The average Bonchev–Trinajstić information content (AvgIpc) is 3.22. The lowest BCUT2D eigenvalue weighted by Crippen LogP contribution is -2.45. The molecular weight excluding hydrogens is 366 g/mol. The Balaban J connectivity index is 1.54. The van der Waals surface area contributed by atoms with Crippen molar-refractivity contribution < 1.29 is 9.26 Å². The zero-order valence-corrected chi connectivity index (χ0v) is 17.8. The highest BCUT2D eigenvalue weighted by molar-refractivity contribution is 5.80. The van der Waals surface area contributed by atoms with Gasteiger partial charge in [0.2, 0.25) is 5.89 Å². The number of piperidine rings is 1. The van der Waals surface area contributed by atoms with Crippen LogP contribution in [0.2, 0.25) is 0 Å². The minimum Gasteiger partial charge on any atom is -0.371 e. The van der Waals surface area contributed by atoms with Crippen LogP contribution in [-0.4, -0.2) is 47.2 Å². The van der Waals surface area contributed by atoms with E-state index in [1.54, 1.807) is 0 Å². The first-order valence-corrected chi connectivity index (χ1v) is 10.7. The Morgan fingerprint density at radius 3 is 2.72 bits per heavy atom. The molecule has 1 fully saturated rings. The van der Waals surface area contributed by atoms with Crippen molar-refractivity contribution in [2.24, 2.45) is 10.9 Å². The highest BCUT2D eigenvalue weighted by Crippen LogP contribution is 2.22.